The van der Waals surface area contributed by atoms with Gasteiger partial charge < -0.3 is 4.90 Å². The molecule has 16 heavy (non-hydrogen) atoms. The van der Waals surface area contributed by atoms with Crippen LogP contribution in [0.3, 0.4) is 0 Å². The Morgan fingerprint density at radius 1 is 1.12 bits per heavy atom. The highest BCUT2D eigenvalue weighted by molar-refractivity contribution is 7.08. The lowest BCUT2D eigenvalue weighted by Gasteiger charge is -2.10. The molecule has 2 heteroatoms. The molecule has 0 spiro atoms. The van der Waals surface area contributed by atoms with Gasteiger partial charge >= 0.3 is 0 Å². The van der Waals surface area contributed by atoms with Crippen LogP contribution >= 0.6 is 11.3 Å². The molecule has 84 valence electrons. The van der Waals surface area contributed by atoms with Crippen LogP contribution in [0.5, 0.6) is 0 Å². The van der Waals surface area contributed by atoms with E-state index in [1.54, 1.807) is 11.3 Å². The zero-order chi connectivity index (χ0) is 11.8. The second-order valence-corrected chi connectivity index (χ2v) is 4.27. The van der Waals surface area contributed by atoms with E-state index < -0.39 is 0 Å². The number of benzene rings is 1. The number of nitrogens with zero attached hydrogens (tertiary/aromatic N) is 1. The molecular formula is C14H17NS. The van der Waals surface area contributed by atoms with Crippen molar-refractivity contribution in [3.63, 3.8) is 0 Å². The Morgan fingerprint density at radius 2 is 1.81 bits per heavy atom. The number of hydrogen-bond acceptors (Lipinski definition) is 2. The van der Waals surface area contributed by atoms with Gasteiger partial charge in [0.15, 0.2) is 0 Å². The third-order valence-corrected chi connectivity index (χ3v) is 2.75. The summed E-state index contributed by atoms with van der Waals surface area (Å²) in [6, 6.07) is 12.3. The maximum atomic E-state index is 3.61. The van der Waals surface area contributed by atoms with Crippen molar-refractivity contribution in [2.75, 3.05) is 19.0 Å². The zero-order valence-corrected chi connectivity index (χ0v) is 10.6. The minimum Gasteiger partial charge on any atom is -0.378 e. The molecule has 0 aliphatic heterocycles. The molecule has 0 radical (unpaired) electrons. The van der Waals surface area contributed by atoms with Crippen molar-refractivity contribution in [1.29, 1.82) is 0 Å². The van der Waals surface area contributed by atoms with Gasteiger partial charge in [0, 0.05) is 19.8 Å². The fourth-order valence-corrected chi connectivity index (χ4v) is 1.76. The predicted molar refractivity (Wildman–Crippen MR) is 75.2 cm³/mol. The lowest BCUT2D eigenvalue weighted by atomic mass is 10.3. The predicted octanol–water partition coefficient (Wildman–Crippen LogP) is 4.14. The Labute approximate surface area is 102 Å². The molecule has 0 bridgehead atoms. The van der Waals surface area contributed by atoms with Gasteiger partial charge in [-0.05, 0) is 34.5 Å². The fourth-order valence-electron chi connectivity index (χ4n) is 1.12. The average Bonchev–Trinajstić information content (AvgIpc) is 2.84. The van der Waals surface area contributed by atoms with Crippen molar-refractivity contribution in [3.8, 4) is 0 Å². The Bertz CT molecular complexity index is 390. The van der Waals surface area contributed by atoms with Crippen molar-refractivity contribution < 1.29 is 0 Å². The van der Waals surface area contributed by atoms with Gasteiger partial charge in [-0.1, -0.05) is 30.9 Å². The average molecular weight is 231 g/mol. The van der Waals surface area contributed by atoms with Crippen molar-refractivity contribution in [2.45, 2.75) is 0 Å². The van der Waals surface area contributed by atoms with Crippen molar-refractivity contribution in [3.05, 3.63) is 59.3 Å². The lowest BCUT2D eigenvalue weighted by molar-refractivity contribution is 1.13. The summed E-state index contributed by atoms with van der Waals surface area (Å²) < 4.78 is 0. The first-order valence-electron chi connectivity index (χ1n) is 5.11. The van der Waals surface area contributed by atoms with Crippen LogP contribution in [0.15, 0.2) is 53.7 Å². The summed E-state index contributed by atoms with van der Waals surface area (Å²) in [5.74, 6) is 0. The van der Waals surface area contributed by atoms with Crippen LogP contribution in [-0.2, 0) is 0 Å². The Kier molecular flexibility index (Phi) is 5.37. The second kappa shape index (κ2) is 6.85. The van der Waals surface area contributed by atoms with Crippen LogP contribution in [0.2, 0.25) is 0 Å². The molecule has 1 heterocycles. The standard InChI is InChI=1S/C8H11N.C6H6S/c1-9(2)8-6-4-3-5-7-8;1-2-6-3-4-7-5-6/h3-7H,1-2H3;2-5H,1H2. The SMILES string of the molecule is C=Cc1ccsc1.CN(C)c1ccccc1. The van der Waals surface area contributed by atoms with Gasteiger partial charge in [0.05, 0.1) is 0 Å². The summed E-state index contributed by atoms with van der Waals surface area (Å²) in [4.78, 5) is 2.08. The third-order valence-electron chi connectivity index (χ3n) is 2.05. The molecule has 1 aromatic heterocycles. The van der Waals surface area contributed by atoms with Gasteiger partial charge in [-0.15, -0.1) is 0 Å². The van der Waals surface area contributed by atoms with Crippen LogP contribution in [-0.4, -0.2) is 14.1 Å². The van der Waals surface area contributed by atoms with E-state index in [1.165, 1.54) is 11.3 Å². The zero-order valence-electron chi connectivity index (χ0n) is 9.76. The Balaban J connectivity index is 0.000000165. The van der Waals surface area contributed by atoms with Gasteiger partial charge in [0.2, 0.25) is 0 Å². The molecule has 2 rings (SSSR count). The summed E-state index contributed by atoms with van der Waals surface area (Å²) in [7, 11) is 4.07. The summed E-state index contributed by atoms with van der Waals surface area (Å²) in [5.41, 5.74) is 2.46. The number of anilines is 1. The summed E-state index contributed by atoms with van der Waals surface area (Å²) >= 11 is 1.69. The van der Waals surface area contributed by atoms with Gasteiger partial charge in [0.1, 0.15) is 0 Å². The van der Waals surface area contributed by atoms with Gasteiger partial charge in [-0.3, -0.25) is 0 Å². The first-order valence-corrected chi connectivity index (χ1v) is 6.05. The molecule has 0 saturated carbocycles. The molecule has 1 nitrogen and oxygen atoms in total. The molecule has 0 aliphatic carbocycles. The molecule has 0 amide bonds. The summed E-state index contributed by atoms with van der Waals surface area (Å²) in [5, 5.41) is 4.10. The van der Waals surface area contributed by atoms with Crippen molar-refractivity contribution in [2.24, 2.45) is 0 Å². The number of rotatable bonds is 2. The van der Waals surface area contributed by atoms with E-state index in [4.69, 9.17) is 0 Å². The maximum Gasteiger partial charge on any atom is 0.0360 e. The number of thiophene rings is 1. The lowest BCUT2D eigenvalue weighted by Crippen LogP contribution is -2.07. The van der Waals surface area contributed by atoms with E-state index in [0.29, 0.717) is 0 Å². The molecular weight excluding hydrogens is 214 g/mol. The van der Waals surface area contributed by atoms with Crippen LogP contribution in [0.25, 0.3) is 6.08 Å². The topological polar surface area (TPSA) is 3.24 Å². The van der Waals surface area contributed by atoms with E-state index >= 15 is 0 Å². The van der Waals surface area contributed by atoms with Crippen LogP contribution in [0.1, 0.15) is 5.56 Å². The minimum absolute atomic E-state index is 1.21. The second-order valence-electron chi connectivity index (χ2n) is 3.49. The molecule has 0 fully saturated rings. The maximum absolute atomic E-state index is 3.61. The summed E-state index contributed by atoms with van der Waals surface area (Å²) in [6.07, 6.45) is 1.84. The van der Waals surface area contributed by atoms with Crippen LogP contribution in [0, 0.1) is 0 Å². The number of hydrogen-bond donors (Lipinski definition) is 0. The van der Waals surface area contributed by atoms with E-state index in [9.17, 15) is 0 Å². The molecule has 2 aromatic rings. The normalized spacial score (nSPS) is 8.88. The molecule has 1 aromatic carbocycles. The van der Waals surface area contributed by atoms with Crippen molar-refractivity contribution >= 4 is 23.1 Å². The first-order chi connectivity index (χ1) is 7.74. The summed E-state index contributed by atoms with van der Waals surface area (Å²) in [6.45, 7) is 3.61. The van der Waals surface area contributed by atoms with E-state index in [1.807, 2.05) is 49.8 Å². The van der Waals surface area contributed by atoms with E-state index in [-0.39, 0.29) is 0 Å². The first kappa shape index (κ1) is 12.5. The molecule has 0 atom stereocenters. The molecule has 0 aliphatic rings. The van der Waals surface area contributed by atoms with Crippen molar-refractivity contribution in [1.82, 2.24) is 0 Å². The van der Waals surface area contributed by atoms with Gasteiger partial charge in [-0.25, -0.2) is 0 Å². The third kappa shape index (κ3) is 4.32. The highest BCUT2D eigenvalue weighted by Crippen LogP contribution is 2.07. The van der Waals surface area contributed by atoms with E-state index in [0.717, 1.165) is 0 Å². The Hall–Kier alpha value is -1.54. The minimum atomic E-state index is 1.21. The highest BCUT2D eigenvalue weighted by Gasteiger charge is 1.87. The largest absolute Gasteiger partial charge is 0.378 e. The molecule has 0 saturated heterocycles. The van der Waals surface area contributed by atoms with Gasteiger partial charge in [-0.2, -0.15) is 11.3 Å². The number of para-hydroxylation sites is 1. The van der Waals surface area contributed by atoms with Gasteiger partial charge in [0.25, 0.3) is 0 Å². The molecule has 0 unspecified atom stereocenters. The highest BCUT2D eigenvalue weighted by atomic mass is 32.1. The monoisotopic (exact) mass is 231 g/mol. The molecule has 0 N–H and O–H groups in total. The quantitative estimate of drug-likeness (QED) is 0.750. The fraction of sp³-hybridized carbons (Fsp3) is 0.143. The Morgan fingerprint density at radius 3 is 2.12 bits per heavy atom. The van der Waals surface area contributed by atoms with Crippen LogP contribution in [0.4, 0.5) is 5.69 Å². The van der Waals surface area contributed by atoms with Crippen LogP contribution < -0.4 is 4.90 Å². The van der Waals surface area contributed by atoms with E-state index in [2.05, 4.69) is 29.0 Å². The smallest absolute Gasteiger partial charge is 0.0360 e.